The number of carbonyl (C=O) groups is 2. The van der Waals surface area contributed by atoms with Crippen LogP contribution in [0.5, 0.6) is 0 Å². The summed E-state index contributed by atoms with van der Waals surface area (Å²) in [7, 11) is 0. The Balaban J connectivity index is 1.40. The molecule has 1 atom stereocenters. The second-order valence-corrected chi connectivity index (χ2v) is 7.95. The molecule has 2 heterocycles. The van der Waals surface area contributed by atoms with E-state index in [1.165, 1.54) is 19.3 Å². The molecule has 8 nitrogen and oxygen atoms in total. The average molecular weight is 396 g/mol. The monoisotopic (exact) mass is 396 g/mol. The van der Waals surface area contributed by atoms with Crippen LogP contribution in [-0.4, -0.2) is 37.9 Å². The van der Waals surface area contributed by atoms with E-state index in [9.17, 15) is 9.59 Å². The van der Waals surface area contributed by atoms with Crippen LogP contribution in [0.25, 0.3) is 0 Å². The van der Waals surface area contributed by atoms with E-state index in [1.54, 1.807) is 4.68 Å². The van der Waals surface area contributed by atoms with Gasteiger partial charge in [0.05, 0.1) is 18.8 Å². The van der Waals surface area contributed by atoms with Gasteiger partial charge in [-0.05, 0) is 25.3 Å². The van der Waals surface area contributed by atoms with Crippen LogP contribution in [0.15, 0.2) is 30.3 Å². The van der Waals surface area contributed by atoms with Gasteiger partial charge in [0, 0.05) is 12.6 Å². The normalized spacial score (nSPS) is 19.7. The number of benzene rings is 1. The van der Waals surface area contributed by atoms with E-state index in [2.05, 4.69) is 20.9 Å². The summed E-state index contributed by atoms with van der Waals surface area (Å²) in [5.41, 5.74) is 2.67. The fraction of sp³-hybridized carbons (Fsp3) is 0.524. The van der Waals surface area contributed by atoms with Crippen LogP contribution in [0.1, 0.15) is 62.0 Å². The van der Waals surface area contributed by atoms with Crippen LogP contribution >= 0.6 is 0 Å². The minimum Gasteiger partial charge on any atom is -0.335 e. The van der Waals surface area contributed by atoms with Gasteiger partial charge in [-0.25, -0.2) is 9.48 Å². The Morgan fingerprint density at radius 2 is 1.93 bits per heavy atom. The van der Waals surface area contributed by atoms with Crippen molar-refractivity contribution in [1.29, 1.82) is 0 Å². The molecule has 0 saturated heterocycles. The standard InChI is InChI=1S/C21H28N6O2/c1-15-20(28)26(13-16-8-4-2-5-9-16)14-19-18(24-25-27(15)19)12-22-21(29)23-17-10-6-3-7-11-17/h2,4-5,8-9,15,17H,3,6-7,10-14H2,1H3,(H2,22,23,29). The smallest absolute Gasteiger partial charge is 0.315 e. The van der Waals surface area contributed by atoms with Gasteiger partial charge in [-0.2, -0.15) is 0 Å². The molecule has 0 bridgehead atoms. The van der Waals surface area contributed by atoms with Crippen molar-refractivity contribution in [2.45, 2.75) is 70.7 Å². The summed E-state index contributed by atoms with van der Waals surface area (Å²) >= 11 is 0. The summed E-state index contributed by atoms with van der Waals surface area (Å²) in [6, 6.07) is 9.63. The number of rotatable bonds is 5. The first-order chi connectivity index (χ1) is 14.1. The van der Waals surface area contributed by atoms with E-state index in [0.717, 1.165) is 24.1 Å². The molecule has 0 spiro atoms. The minimum atomic E-state index is -0.403. The molecule has 2 N–H and O–H groups in total. The van der Waals surface area contributed by atoms with Gasteiger partial charge in [-0.3, -0.25) is 4.79 Å². The maximum atomic E-state index is 12.7. The fourth-order valence-electron chi connectivity index (χ4n) is 4.17. The lowest BCUT2D eigenvalue weighted by Gasteiger charge is -2.31. The van der Waals surface area contributed by atoms with Crippen molar-refractivity contribution in [3.05, 3.63) is 47.3 Å². The van der Waals surface area contributed by atoms with Crippen LogP contribution < -0.4 is 10.6 Å². The molecule has 1 aromatic heterocycles. The zero-order valence-corrected chi connectivity index (χ0v) is 16.8. The summed E-state index contributed by atoms with van der Waals surface area (Å²) in [4.78, 5) is 26.8. The van der Waals surface area contributed by atoms with E-state index >= 15 is 0 Å². The second-order valence-electron chi connectivity index (χ2n) is 7.95. The van der Waals surface area contributed by atoms with Gasteiger partial charge in [0.1, 0.15) is 11.7 Å². The number of hydrogen-bond acceptors (Lipinski definition) is 4. The zero-order chi connectivity index (χ0) is 20.2. The molecule has 1 unspecified atom stereocenters. The van der Waals surface area contributed by atoms with E-state index in [4.69, 9.17) is 0 Å². The van der Waals surface area contributed by atoms with Gasteiger partial charge in [0.2, 0.25) is 5.91 Å². The Morgan fingerprint density at radius 1 is 1.17 bits per heavy atom. The summed E-state index contributed by atoms with van der Waals surface area (Å²) in [6.45, 7) is 3.12. The molecule has 3 amide bonds. The number of aromatic nitrogens is 3. The number of nitrogens with zero attached hydrogens (tertiary/aromatic N) is 4. The van der Waals surface area contributed by atoms with Crippen LogP contribution in [0.3, 0.4) is 0 Å². The number of urea groups is 1. The summed E-state index contributed by atoms with van der Waals surface area (Å²) in [5, 5.41) is 14.4. The molecule has 2 aromatic rings. The van der Waals surface area contributed by atoms with Crippen molar-refractivity contribution in [2.75, 3.05) is 0 Å². The van der Waals surface area contributed by atoms with Crippen LogP contribution in [0.2, 0.25) is 0 Å². The summed E-state index contributed by atoms with van der Waals surface area (Å²) < 4.78 is 1.68. The van der Waals surface area contributed by atoms with E-state index in [1.807, 2.05) is 42.2 Å². The highest BCUT2D eigenvalue weighted by Crippen LogP contribution is 2.24. The largest absolute Gasteiger partial charge is 0.335 e. The van der Waals surface area contributed by atoms with Gasteiger partial charge < -0.3 is 15.5 Å². The number of hydrogen-bond donors (Lipinski definition) is 2. The Morgan fingerprint density at radius 3 is 2.69 bits per heavy atom. The molecular formula is C21H28N6O2. The maximum Gasteiger partial charge on any atom is 0.315 e. The minimum absolute atomic E-state index is 0.0285. The van der Waals surface area contributed by atoms with Crippen molar-refractivity contribution in [1.82, 2.24) is 30.5 Å². The molecule has 0 radical (unpaired) electrons. The zero-order valence-electron chi connectivity index (χ0n) is 16.8. The highest BCUT2D eigenvalue weighted by atomic mass is 16.2. The van der Waals surface area contributed by atoms with E-state index in [-0.39, 0.29) is 18.0 Å². The average Bonchev–Trinajstić information content (AvgIpc) is 3.15. The lowest BCUT2D eigenvalue weighted by Crippen LogP contribution is -2.43. The highest BCUT2D eigenvalue weighted by Gasteiger charge is 2.33. The molecule has 1 fully saturated rings. The lowest BCUT2D eigenvalue weighted by atomic mass is 9.96. The van der Waals surface area contributed by atoms with Crippen molar-refractivity contribution in [2.24, 2.45) is 0 Å². The number of fused-ring (bicyclic) bond motifs is 1. The van der Waals surface area contributed by atoms with Crippen LogP contribution in [0, 0.1) is 0 Å². The number of carbonyl (C=O) groups excluding carboxylic acids is 2. The van der Waals surface area contributed by atoms with Crippen LogP contribution in [-0.2, 0) is 24.4 Å². The first-order valence-electron chi connectivity index (χ1n) is 10.4. The first kappa shape index (κ1) is 19.4. The Bertz CT molecular complexity index is 859. The first-order valence-corrected chi connectivity index (χ1v) is 10.4. The van der Waals surface area contributed by atoms with Crippen LogP contribution in [0.4, 0.5) is 4.79 Å². The summed E-state index contributed by atoms with van der Waals surface area (Å²) in [6.07, 6.45) is 5.69. The number of nitrogens with one attached hydrogen (secondary N) is 2. The summed E-state index contributed by atoms with van der Waals surface area (Å²) in [5.74, 6) is 0.0285. The van der Waals surface area contributed by atoms with Crippen molar-refractivity contribution >= 4 is 11.9 Å². The number of amides is 3. The van der Waals surface area contributed by atoms with Crippen molar-refractivity contribution in [3.63, 3.8) is 0 Å². The molecule has 1 aliphatic heterocycles. The molecule has 8 heteroatoms. The SMILES string of the molecule is CC1C(=O)N(Cc2ccccc2)Cc2c(CNC(=O)NC3CCCCC3)nnn21. The molecule has 1 saturated carbocycles. The van der Waals surface area contributed by atoms with Crippen molar-refractivity contribution in [3.8, 4) is 0 Å². The van der Waals surface area contributed by atoms with E-state index < -0.39 is 6.04 Å². The topological polar surface area (TPSA) is 92.2 Å². The highest BCUT2D eigenvalue weighted by molar-refractivity contribution is 5.81. The van der Waals surface area contributed by atoms with Gasteiger partial charge in [0.25, 0.3) is 0 Å². The Hall–Kier alpha value is -2.90. The Kier molecular flexibility index (Phi) is 5.78. The maximum absolute atomic E-state index is 12.7. The predicted molar refractivity (Wildman–Crippen MR) is 108 cm³/mol. The van der Waals surface area contributed by atoms with Gasteiger partial charge in [-0.15, -0.1) is 5.10 Å². The third-order valence-corrected chi connectivity index (χ3v) is 5.82. The Labute approximate surface area is 170 Å². The molecule has 154 valence electrons. The molecule has 1 aromatic carbocycles. The van der Waals surface area contributed by atoms with Crippen molar-refractivity contribution < 1.29 is 9.59 Å². The molecule has 1 aliphatic carbocycles. The molecular weight excluding hydrogens is 368 g/mol. The van der Waals surface area contributed by atoms with Gasteiger partial charge in [-0.1, -0.05) is 54.8 Å². The molecule has 4 rings (SSSR count). The van der Waals surface area contributed by atoms with E-state index in [0.29, 0.717) is 25.3 Å². The molecule has 29 heavy (non-hydrogen) atoms. The third kappa shape index (κ3) is 4.41. The fourth-order valence-corrected chi connectivity index (χ4v) is 4.17. The molecule has 2 aliphatic rings. The predicted octanol–water partition coefficient (Wildman–Crippen LogP) is 2.51. The third-order valence-electron chi connectivity index (χ3n) is 5.82. The second kappa shape index (κ2) is 8.63. The van der Waals surface area contributed by atoms with Gasteiger partial charge >= 0.3 is 6.03 Å². The van der Waals surface area contributed by atoms with Gasteiger partial charge in [0.15, 0.2) is 0 Å². The quantitative estimate of drug-likeness (QED) is 0.812. The lowest BCUT2D eigenvalue weighted by molar-refractivity contribution is -0.138.